The number of carbonyl (C=O) groups excluding carboxylic acids is 1. The number of hydrogen-bond acceptors (Lipinski definition) is 4. The van der Waals surface area contributed by atoms with E-state index in [1.807, 2.05) is 18.2 Å². The van der Waals surface area contributed by atoms with Crippen molar-refractivity contribution in [2.45, 2.75) is 23.2 Å². The van der Waals surface area contributed by atoms with Gasteiger partial charge in [0, 0.05) is 29.2 Å². The molecule has 0 spiro atoms. The van der Waals surface area contributed by atoms with Gasteiger partial charge < -0.3 is 10.3 Å². The molecule has 2 aromatic carbocycles. The van der Waals surface area contributed by atoms with Gasteiger partial charge in [-0.2, -0.15) is 0 Å². The number of nitrogens with one attached hydrogen (secondary N) is 2. The number of benzene rings is 2. The monoisotopic (exact) mass is 433 g/mol. The second-order valence-corrected chi connectivity index (χ2v) is 7.89. The van der Waals surface area contributed by atoms with E-state index in [1.165, 1.54) is 11.8 Å². The van der Waals surface area contributed by atoms with E-state index in [0.29, 0.717) is 15.9 Å². The smallest absolute Gasteiger partial charge is 0.257 e. The standard InChI is InChI=1S/C20H14ClF2N3O2S/c21-15-4-2-1-3-10(15)9-29-20-25-18-17(19(28)26-20)14(8-16(27)24-18)11-5-12(22)7-13(23)6-11/h1-7,14H,8-9H2,(H2,24,25,26,27,28). The minimum absolute atomic E-state index is 0.0985. The molecule has 9 heteroatoms. The summed E-state index contributed by atoms with van der Waals surface area (Å²) in [6.07, 6.45) is -0.104. The minimum Gasteiger partial charge on any atom is -0.310 e. The maximum Gasteiger partial charge on any atom is 0.257 e. The number of amides is 1. The van der Waals surface area contributed by atoms with Crippen molar-refractivity contribution < 1.29 is 13.6 Å². The molecule has 1 aliphatic rings. The third kappa shape index (κ3) is 4.18. The van der Waals surface area contributed by atoms with E-state index in [-0.39, 0.29) is 29.3 Å². The highest BCUT2D eigenvalue weighted by Gasteiger charge is 2.31. The van der Waals surface area contributed by atoms with Crippen LogP contribution in [0.3, 0.4) is 0 Å². The van der Waals surface area contributed by atoms with Crippen molar-refractivity contribution in [3.63, 3.8) is 0 Å². The van der Waals surface area contributed by atoms with Gasteiger partial charge in [0.15, 0.2) is 5.16 Å². The van der Waals surface area contributed by atoms with Gasteiger partial charge in [0.05, 0.1) is 5.56 Å². The Morgan fingerprint density at radius 2 is 1.86 bits per heavy atom. The molecule has 2 N–H and O–H groups in total. The molecule has 1 atom stereocenters. The van der Waals surface area contributed by atoms with Crippen molar-refractivity contribution in [1.29, 1.82) is 0 Å². The summed E-state index contributed by atoms with van der Waals surface area (Å²) in [7, 11) is 0. The number of fused-ring (bicyclic) bond motifs is 1. The van der Waals surface area contributed by atoms with Crippen molar-refractivity contribution in [2.75, 3.05) is 5.32 Å². The van der Waals surface area contributed by atoms with Crippen LogP contribution in [0.15, 0.2) is 52.4 Å². The SMILES string of the molecule is O=C1CC(c2cc(F)cc(F)c2)c2c(nc(SCc3ccccc3Cl)[nH]c2=O)N1. The average molecular weight is 434 g/mol. The van der Waals surface area contributed by atoms with Crippen LogP contribution >= 0.6 is 23.4 Å². The summed E-state index contributed by atoms with van der Waals surface area (Å²) in [6, 6.07) is 10.3. The zero-order valence-corrected chi connectivity index (χ0v) is 16.4. The number of nitrogens with zero attached hydrogens (tertiary/aromatic N) is 1. The molecule has 0 bridgehead atoms. The molecule has 1 amide bonds. The van der Waals surface area contributed by atoms with E-state index in [4.69, 9.17) is 11.6 Å². The first-order valence-electron chi connectivity index (χ1n) is 8.67. The number of aromatic nitrogens is 2. The fourth-order valence-corrected chi connectivity index (χ4v) is 4.39. The van der Waals surface area contributed by atoms with E-state index >= 15 is 0 Å². The zero-order chi connectivity index (χ0) is 20.5. The third-order valence-corrected chi connectivity index (χ3v) is 5.83. The van der Waals surface area contributed by atoms with Gasteiger partial charge in [0.25, 0.3) is 5.56 Å². The normalized spacial score (nSPS) is 15.7. The Morgan fingerprint density at radius 3 is 2.59 bits per heavy atom. The van der Waals surface area contributed by atoms with Gasteiger partial charge in [0.2, 0.25) is 5.91 Å². The lowest BCUT2D eigenvalue weighted by molar-refractivity contribution is -0.116. The summed E-state index contributed by atoms with van der Waals surface area (Å²) >= 11 is 7.40. The Morgan fingerprint density at radius 1 is 1.14 bits per heavy atom. The third-order valence-electron chi connectivity index (χ3n) is 4.54. The maximum atomic E-state index is 13.7. The van der Waals surface area contributed by atoms with Crippen molar-refractivity contribution in [3.05, 3.63) is 86.2 Å². The van der Waals surface area contributed by atoms with Gasteiger partial charge >= 0.3 is 0 Å². The highest BCUT2D eigenvalue weighted by atomic mass is 35.5. The lowest BCUT2D eigenvalue weighted by atomic mass is 9.87. The van der Waals surface area contributed by atoms with Crippen molar-refractivity contribution >= 4 is 35.1 Å². The average Bonchev–Trinajstić information content (AvgIpc) is 2.65. The summed E-state index contributed by atoms with van der Waals surface area (Å²) in [6.45, 7) is 0. The van der Waals surface area contributed by atoms with Crippen LogP contribution in [0.1, 0.15) is 29.0 Å². The van der Waals surface area contributed by atoms with Crippen LogP contribution in [-0.4, -0.2) is 15.9 Å². The Labute approximate surface area is 173 Å². The van der Waals surface area contributed by atoms with E-state index < -0.39 is 23.1 Å². The van der Waals surface area contributed by atoms with Crippen LogP contribution in [0.25, 0.3) is 0 Å². The molecule has 0 fully saturated rings. The van der Waals surface area contributed by atoms with Crippen LogP contribution in [-0.2, 0) is 10.5 Å². The highest BCUT2D eigenvalue weighted by molar-refractivity contribution is 7.98. The van der Waals surface area contributed by atoms with Gasteiger partial charge in [-0.15, -0.1) is 0 Å². The summed E-state index contributed by atoms with van der Waals surface area (Å²) in [5.41, 5.74) is 0.794. The van der Waals surface area contributed by atoms with Crippen LogP contribution < -0.4 is 10.9 Å². The Balaban J connectivity index is 1.69. The van der Waals surface area contributed by atoms with Gasteiger partial charge in [-0.3, -0.25) is 9.59 Å². The summed E-state index contributed by atoms with van der Waals surface area (Å²) < 4.78 is 27.3. The van der Waals surface area contributed by atoms with E-state index in [0.717, 1.165) is 23.8 Å². The number of halogens is 3. The molecule has 0 radical (unpaired) electrons. The molecule has 4 rings (SSSR count). The number of aromatic amines is 1. The molecule has 3 aromatic rings. The lowest BCUT2D eigenvalue weighted by Gasteiger charge is -2.24. The van der Waals surface area contributed by atoms with Gasteiger partial charge in [-0.05, 0) is 29.3 Å². The summed E-state index contributed by atoms with van der Waals surface area (Å²) in [5, 5.41) is 3.49. The molecule has 1 unspecified atom stereocenters. The van der Waals surface area contributed by atoms with E-state index in [9.17, 15) is 18.4 Å². The molecule has 2 heterocycles. The van der Waals surface area contributed by atoms with Crippen molar-refractivity contribution in [2.24, 2.45) is 0 Å². The minimum atomic E-state index is -0.789. The topological polar surface area (TPSA) is 74.8 Å². The maximum absolute atomic E-state index is 13.7. The van der Waals surface area contributed by atoms with Crippen molar-refractivity contribution in [3.8, 4) is 0 Å². The number of hydrogen-bond donors (Lipinski definition) is 2. The van der Waals surface area contributed by atoms with Crippen LogP contribution in [0, 0.1) is 11.6 Å². The molecule has 0 saturated heterocycles. The molecule has 148 valence electrons. The Bertz CT molecular complexity index is 1150. The summed E-state index contributed by atoms with van der Waals surface area (Å²) in [5.74, 6) is -2.16. The molecular formula is C20H14ClF2N3O2S. The quantitative estimate of drug-likeness (QED) is 0.470. The number of rotatable bonds is 4. The van der Waals surface area contributed by atoms with Crippen molar-refractivity contribution in [1.82, 2.24) is 9.97 Å². The zero-order valence-electron chi connectivity index (χ0n) is 14.8. The fraction of sp³-hybridized carbons (Fsp3) is 0.150. The highest BCUT2D eigenvalue weighted by Crippen LogP contribution is 2.35. The summed E-state index contributed by atoms with van der Waals surface area (Å²) in [4.78, 5) is 31.9. The van der Waals surface area contributed by atoms with Gasteiger partial charge in [-0.25, -0.2) is 13.8 Å². The fourth-order valence-electron chi connectivity index (χ4n) is 3.24. The molecular weight excluding hydrogens is 420 g/mol. The lowest BCUT2D eigenvalue weighted by Crippen LogP contribution is -2.31. The van der Waals surface area contributed by atoms with E-state index in [1.54, 1.807) is 6.07 Å². The first-order chi connectivity index (χ1) is 13.9. The second kappa shape index (κ2) is 7.96. The molecule has 0 aliphatic carbocycles. The number of thioether (sulfide) groups is 1. The molecule has 29 heavy (non-hydrogen) atoms. The molecule has 1 aliphatic heterocycles. The number of H-pyrrole nitrogens is 1. The predicted octanol–water partition coefficient (Wildman–Crippen LogP) is 4.47. The predicted molar refractivity (Wildman–Crippen MR) is 107 cm³/mol. The number of anilines is 1. The van der Waals surface area contributed by atoms with Gasteiger partial charge in [0.1, 0.15) is 17.5 Å². The first-order valence-corrected chi connectivity index (χ1v) is 10.0. The largest absolute Gasteiger partial charge is 0.310 e. The van der Waals surface area contributed by atoms with Crippen LogP contribution in [0.2, 0.25) is 5.02 Å². The molecule has 5 nitrogen and oxygen atoms in total. The van der Waals surface area contributed by atoms with Crippen LogP contribution in [0.5, 0.6) is 0 Å². The van der Waals surface area contributed by atoms with Crippen LogP contribution in [0.4, 0.5) is 14.6 Å². The second-order valence-electron chi connectivity index (χ2n) is 6.52. The first kappa shape index (κ1) is 19.6. The molecule has 1 aromatic heterocycles. The molecule has 0 saturated carbocycles. The number of carbonyl (C=O) groups is 1. The van der Waals surface area contributed by atoms with Gasteiger partial charge in [-0.1, -0.05) is 41.6 Å². The Kier molecular flexibility index (Phi) is 5.38. The van der Waals surface area contributed by atoms with E-state index in [2.05, 4.69) is 15.3 Å². The Hall–Kier alpha value is -2.71.